The molecule has 1 aliphatic heterocycles. The second-order valence-electron chi connectivity index (χ2n) is 7.26. The summed E-state index contributed by atoms with van der Waals surface area (Å²) in [6.45, 7) is 1.66. The molecular formula is C22H15N3O7. The van der Waals surface area contributed by atoms with Crippen LogP contribution in [0.1, 0.15) is 33.5 Å². The van der Waals surface area contributed by atoms with Gasteiger partial charge in [0.15, 0.2) is 11.2 Å². The third-order valence-electron chi connectivity index (χ3n) is 5.34. The Balaban J connectivity index is 1.81. The van der Waals surface area contributed by atoms with Gasteiger partial charge >= 0.3 is 0 Å². The number of fused-ring (bicyclic) bond motifs is 2. The van der Waals surface area contributed by atoms with E-state index in [0.29, 0.717) is 17.1 Å². The summed E-state index contributed by atoms with van der Waals surface area (Å²) in [4.78, 5) is 38.9. The predicted octanol–water partition coefficient (Wildman–Crippen LogP) is 3.76. The first-order valence-corrected chi connectivity index (χ1v) is 9.55. The minimum Gasteiger partial charge on any atom is -0.497 e. The van der Waals surface area contributed by atoms with E-state index < -0.39 is 22.3 Å². The van der Waals surface area contributed by atoms with Crippen LogP contribution in [-0.4, -0.2) is 23.1 Å². The quantitative estimate of drug-likeness (QED) is 0.351. The molecule has 10 heteroatoms. The number of aryl methyl sites for hydroxylation is 1. The Morgan fingerprint density at radius 1 is 1.16 bits per heavy atom. The van der Waals surface area contributed by atoms with Gasteiger partial charge in [0, 0.05) is 24.3 Å². The molecule has 0 N–H and O–H groups in total. The minimum atomic E-state index is -0.982. The molecule has 0 saturated heterocycles. The van der Waals surface area contributed by atoms with E-state index in [0.717, 1.165) is 0 Å². The van der Waals surface area contributed by atoms with Gasteiger partial charge in [-0.1, -0.05) is 17.3 Å². The Hall–Kier alpha value is -4.47. The molecule has 160 valence electrons. The monoisotopic (exact) mass is 433 g/mol. The maximum Gasteiger partial charge on any atom is 0.296 e. The molecule has 3 heterocycles. The number of methoxy groups -OCH3 is 1. The highest BCUT2D eigenvalue weighted by atomic mass is 16.6. The molecule has 0 bridgehead atoms. The molecule has 0 aliphatic carbocycles. The molecule has 2 aromatic heterocycles. The number of anilines is 1. The average molecular weight is 433 g/mol. The summed E-state index contributed by atoms with van der Waals surface area (Å²) in [5, 5.41) is 15.5. The summed E-state index contributed by atoms with van der Waals surface area (Å²) in [6, 6.07) is 11.0. The van der Waals surface area contributed by atoms with Gasteiger partial charge in [-0.05, 0) is 24.6 Å². The second kappa shape index (κ2) is 7.05. The normalized spacial score (nSPS) is 15.2. The zero-order chi connectivity index (χ0) is 22.6. The molecule has 32 heavy (non-hydrogen) atoms. The molecule has 2 aromatic carbocycles. The highest BCUT2D eigenvalue weighted by Gasteiger charge is 2.45. The maximum atomic E-state index is 13.5. The van der Waals surface area contributed by atoms with Gasteiger partial charge in [0.25, 0.3) is 11.6 Å². The van der Waals surface area contributed by atoms with Crippen molar-refractivity contribution >= 4 is 28.4 Å². The van der Waals surface area contributed by atoms with Gasteiger partial charge in [-0.25, -0.2) is 0 Å². The van der Waals surface area contributed by atoms with Crippen molar-refractivity contribution in [1.29, 1.82) is 0 Å². The summed E-state index contributed by atoms with van der Waals surface area (Å²) in [5.74, 6) is 0.317. The summed E-state index contributed by atoms with van der Waals surface area (Å²) in [6.07, 6.45) is 0. The number of carbonyl (C=O) groups is 1. The fourth-order valence-electron chi connectivity index (χ4n) is 3.91. The van der Waals surface area contributed by atoms with E-state index in [2.05, 4.69) is 5.16 Å². The van der Waals surface area contributed by atoms with Crippen LogP contribution in [0.25, 0.3) is 11.0 Å². The Kier molecular flexibility index (Phi) is 4.29. The lowest BCUT2D eigenvalue weighted by Crippen LogP contribution is -2.29. The number of rotatable bonds is 4. The first-order valence-electron chi connectivity index (χ1n) is 9.55. The summed E-state index contributed by atoms with van der Waals surface area (Å²) < 4.78 is 16.2. The molecule has 1 atom stereocenters. The molecular weight excluding hydrogens is 418 g/mol. The zero-order valence-corrected chi connectivity index (χ0v) is 16.9. The Bertz CT molecular complexity index is 1470. The number of amides is 1. The molecule has 1 amide bonds. The SMILES string of the molecule is COc1ccc2c(=O)c3c(oc2c1)C(=O)N(c1cc(C)on1)[C@H]3c1cccc([N+](=O)[O-])c1. The van der Waals surface area contributed by atoms with Gasteiger partial charge in [0.05, 0.1) is 29.0 Å². The van der Waals surface area contributed by atoms with Gasteiger partial charge in [0.1, 0.15) is 17.1 Å². The molecule has 0 spiro atoms. The molecule has 0 fully saturated rings. The van der Waals surface area contributed by atoms with Crippen LogP contribution >= 0.6 is 0 Å². The third kappa shape index (κ3) is 2.84. The fraction of sp³-hybridized carbons (Fsp3) is 0.136. The standard InChI is InChI=1S/C22H15N3O7/c1-11-8-17(23-32-11)24-19(12-4-3-5-13(9-12)25(28)29)18-20(26)15-7-6-14(30-2)10-16(15)31-21(18)22(24)27/h3-10,19H,1-2H3/t19-/m0/s1. The van der Waals surface area contributed by atoms with E-state index >= 15 is 0 Å². The second-order valence-corrected chi connectivity index (χ2v) is 7.26. The lowest BCUT2D eigenvalue weighted by Gasteiger charge is -2.22. The highest BCUT2D eigenvalue weighted by molar-refractivity contribution is 6.10. The van der Waals surface area contributed by atoms with Crippen LogP contribution in [0.15, 0.2) is 62.3 Å². The summed E-state index contributed by atoms with van der Waals surface area (Å²) >= 11 is 0. The molecule has 0 saturated carbocycles. The van der Waals surface area contributed by atoms with Crippen molar-refractivity contribution in [2.24, 2.45) is 0 Å². The largest absolute Gasteiger partial charge is 0.497 e. The highest BCUT2D eigenvalue weighted by Crippen LogP contribution is 2.41. The van der Waals surface area contributed by atoms with Crippen molar-refractivity contribution in [3.63, 3.8) is 0 Å². The number of aromatic nitrogens is 1. The van der Waals surface area contributed by atoms with Gasteiger partial charge in [0.2, 0.25) is 5.76 Å². The topological polar surface area (TPSA) is 129 Å². The van der Waals surface area contributed by atoms with Crippen LogP contribution in [-0.2, 0) is 0 Å². The number of nitro groups is 1. The number of nitrogens with zero attached hydrogens (tertiary/aromatic N) is 3. The van der Waals surface area contributed by atoms with Crippen LogP contribution in [0.5, 0.6) is 5.75 Å². The smallest absolute Gasteiger partial charge is 0.296 e. The number of nitro benzene ring substituents is 1. The van der Waals surface area contributed by atoms with Crippen LogP contribution in [0.3, 0.4) is 0 Å². The number of hydrogen-bond donors (Lipinski definition) is 0. The molecule has 0 radical (unpaired) electrons. The Morgan fingerprint density at radius 3 is 2.66 bits per heavy atom. The van der Waals surface area contributed by atoms with Gasteiger partial charge < -0.3 is 13.7 Å². The van der Waals surface area contributed by atoms with Crippen LogP contribution < -0.4 is 15.1 Å². The molecule has 1 aliphatic rings. The van der Waals surface area contributed by atoms with E-state index in [1.807, 2.05) is 0 Å². The Labute approximate surface area is 179 Å². The van der Waals surface area contributed by atoms with Crippen molar-refractivity contribution < 1.29 is 23.4 Å². The fourth-order valence-corrected chi connectivity index (χ4v) is 3.91. The van der Waals surface area contributed by atoms with Crippen molar-refractivity contribution in [3.05, 3.63) is 91.5 Å². The van der Waals surface area contributed by atoms with E-state index in [-0.39, 0.29) is 33.8 Å². The van der Waals surface area contributed by atoms with Crippen LogP contribution in [0.2, 0.25) is 0 Å². The van der Waals surface area contributed by atoms with Crippen molar-refractivity contribution in [3.8, 4) is 5.75 Å². The summed E-state index contributed by atoms with van der Waals surface area (Å²) in [5.41, 5.74) is 0.0458. The maximum absolute atomic E-state index is 13.5. The average Bonchev–Trinajstić information content (AvgIpc) is 3.34. The van der Waals surface area contributed by atoms with E-state index in [9.17, 15) is 19.7 Å². The van der Waals surface area contributed by atoms with Gasteiger partial charge in [-0.3, -0.25) is 24.6 Å². The number of carbonyl (C=O) groups excluding carboxylic acids is 1. The zero-order valence-electron chi connectivity index (χ0n) is 16.9. The molecule has 0 unspecified atom stereocenters. The van der Waals surface area contributed by atoms with Crippen molar-refractivity contribution in [2.75, 3.05) is 12.0 Å². The van der Waals surface area contributed by atoms with E-state index in [1.54, 1.807) is 31.2 Å². The first-order chi connectivity index (χ1) is 15.4. The Morgan fingerprint density at radius 2 is 1.97 bits per heavy atom. The number of hydrogen-bond acceptors (Lipinski definition) is 8. The molecule has 5 rings (SSSR count). The van der Waals surface area contributed by atoms with E-state index in [4.69, 9.17) is 13.7 Å². The number of ether oxygens (including phenoxy) is 1. The first kappa shape index (κ1) is 19.5. The van der Waals surface area contributed by atoms with Gasteiger partial charge in [-0.2, -0.15) is 0 Å². The van der Waals surface area contributed by atoms with Crippen LogP contribution in [0, 0.1) is 17.0 Å². The lowest BCUT2D eigenvalue weighted by molar-refractivity contribution is -0.384. The predicted molar refractivity (Wildman–Crippen MR) is 112 cm³/mol. The third-order valence-corrected chi connectivity index (χ3v) is 5.34. The number of non-ortho nitro benzene ring substituents is 1. The van der Waals surface area contributed by atoms with E-state index in [1.165, 1.54) is 36.3 Å². The van der Waals surface area contributed by atoms with Crippen molar-refractivity contribution in [1.82, 2.24) is 5.16 Å². The minimum absolute atomic E-state index is 0.0776. The number of benzene rings is 2. The molecule has 4 aromatic rings. The molecule has 10 nitrogen and oxygen atoms in total. The lowest BCUT2D eigenvalue weighted by atomic mass is 9.98. The van der Waals surface area contributed by atoms with Crippen LogP contribution in [0.4, 0.5) is 11.5 Å². The summed E-state index contributed by atoms with van der Waals surface area (Å²) in [7, 11) is 1.48. The van der Waals surface area contributed by atoms with Gasteiger partial charge in [-0.15, -0.1) is 0 Å². The van der Waals surface area contributed by atoms with Crippen molar-refractivity contribution in [2.45, 2.75) is 13.0 Å².